The molecule has 0 aliphatic carbocycles. The van der Waals surface area contributed by atoms with Gasteiger partial charge in [0.15, 0.2) is 11.4 Å². The molecule has 2 atom stereocenters. The zero-order valence-corrected chi connectivity index (χ0v) is 14.5. The van der Waals surface area contributed by atoms with Gasteiger partial charge in [0, 0.05) is 25.5 Å². The van der Waals surface area contributed by atoms with Crippen LogP contribution in [0, 0.1) is 5.82 Å². The smallest absolute Gasteiger partial charge is 0.277 e. The molecule has 2 aromatic heterocycles. The molecule has 2 unspecified atom stereocenters. The minimum absolute atomic E-state index is 0.110. The largest absolute Gasteiger partial charge is 0.502 e. The van der Waals surface area contributed by atoms with E-state index in [0.717, 1.165) is 6.42 Å². The van der Waals surface area contributed by atoms with Crippen molar-refractivity contribution in [2.45, 2.75) is 37.9 Å². The number of rotatable bonds is 1. The Balaban J connectivity index is 1.99. The molecule has 0 saturated carbocycles. The summed E-state index contributed by atoms with van der Waals surface area (Å²) in [6.07, 6.45) is 4.75. The monoisotopic (exact) mass is 358 g/mol. The average molecular weight is 358 g/mol. The number of halogens is 1. The molecule has 0 aromatic carbocycles. The van der Waals surface area contributed by atoms with Crippen molar-refractivity contribution >= 4 is 5.91 Å². The Morgan fingerprint density at radius 1 is 1.35 bits per heavy atom. The number of carbonyl (C=O) groups excluding carboxylic acids is 1. The summed E-state index contributed by atoms with van der Waals surface area (Å²) < 4.78 is 16.1. The number of amides is 1. The molecule has 0 radical (unpaired) electrons. The summed E-state index contributed by atoms with van der Waals surface area (Å²) in [5, 5.41) is 12.1. The molecule has 26 heavy (non-hydrogen) atoms. The SMILES string of the molecule is CN1C(=O)c2c(O)c(=O)ccn2N2C1CCCC2(C)c1ncccc1F. The van der Waals surface area contributed by atoms with Crippen LogP contribution in [0.2, 0.25) is 0 Å². The molecular weight excluding hydrogens is 339 g/mol. The highest BCUT2D eigenvalue weighted by atomic mass is 19.1. The Kier molecular flexibility index (Phi) is 3.54. The van der Waals surface area contributed by atoms with Gasteiger partial charge in [0.1, 0.15) is 23.2 Å². The lowest BCUT2D eigenvalue weighted by Gasteiger charge is -2.56. The molecule has 4 heterocycles. The summed E-state index contributed by atoms with van der Waals surface area (Å²) in [6, 6.07) is 4.10. The van der Waals surface area contributed by atoms with E-state index in [-0.39, 0.29) is 17.6 Å². The first-order chi connectivity index (χ1) is 12.4. The van der Waals surface area contributed by atoms with E-state index >= 15 is 0 Å². The van der Waals surface area contributed by atoms with E-state index in [9.17, 15) is 19.1 Å². The molecule has 0 bridgehead atoms. The minimum Gasteiger partial charge on any atom is -0.502 e. The van der Waals surface area contributed by atoms with Crippen molar-refractivity contribution in [1.82, 2.24) is 14.6 Å². The summed E-state index contributed by atoms with van der Waals surface area (Å²) in [7, 11) is 1.63. The van der Waals surface area contributed by atoms with Crippen LogP contribution >= 0.6 is 0 Å². The van der Waals surface area contributed by atoms with E-state index in [4.69, 9.17) is 0 Å². The Labute approximate surface area is 149 Å². The van der Waals surface area contributed by atoms with Gasteiger partial charge in [-0.2, -0.15) is 0 Å². The quantitative estimate of drug-likeness (QED) is 0.837. The van der Waals surface area contributed by atoms with Crippen LogP contribution in [0.5, 0.6) is 5.75 Å². The van der Waals surface area contributed by atoms with Crippen molar-refractivity contribution in [2.24, 2.45) is 0 Å². The van der Waals surface area contributed by atoms with Crippen LogP contribution in [0.25, 0.3) is 0 Å². The maximum absolute atomic E-state index is 14.6. The predicted molar refractivity (Wildman–Crippen MR) is 91.9 cm³/mol. The van der Waals surface area contributed by atoms with E-state index in [1.54, 1.807) is 7.05 Å². The van der Waals surface area contributed by atoms with E-state index in [0.29, 0.717) is 12.8 Å². The lowest BCUT2D eigenvalue weighted by atomic mass is 9.84. The maximum atomic E-state index is 14.6. The normalized spacial score (nSPS) is 25.0. The molecule has 1 fully saturated rings. The highest BCUT2D eigenvalue weighted by Gasteiger charge is 2.50. The van der Waals surface area contributed by atoms with Gasteiger partial charge in [-0.05, 0) is 38.3 Å². The second kappa shape index (κ2) is 5.55. The fourth-order valence-electron chi connectivity index (χ4n) is 4.14. The maximum Gasteiger partial charge on any atom is 0.277 e. The zero-order valence-electron chi connectivity index (χ0n) is 14.5. The first-order valence-electron chi connectivity index (χ1n) is 8.48. The standard InChI is InChI=1S/C18H19FN4O3/c1-18(16-11(19)5-4-9-20-16)8-3-6-13-21(2)17(26)14-15(25)12(24)7-10-22(14)23(13)18/h4-5,7,9-10,13,25H,3,6,8H2,1-2H3. The first kappa shape index (κ1) is 16.6. The van der Waals surface area contributed by atoms with Crippen LogP contribution in [0.4, 0.5) is 4.39 Å². The number of carbonyl (C=O) groups is 1. The third-order valence-electron chi connectivity index (χ3n) is 5.44. The number of hydrogen-bond donors (Lipinski definition) is 1. The third-order valence-corrected chi connectivity index (χ3v) is 5.44. The average Bonchev–Trinajstić information content (AvgIpc) is 2.62. The van der Waals surface area contributed by atoms with Crippen LogP contribution < -0.4 is 10.4 Å². The Hall–Kier alpha value is -2.90. The number of piperidine rings is 1. The second-order valence-electron chi connectivity index (χ2n) is 6.96. The van der Waals surface area contributed by atoms with Gasteiger partial charge in [-0.1, -0.05) is 0 Å². The topological polar surface area (TPSA) is 78.7 Å². The lowest BCUT2D eigenvalue weighted by Crippen LogP contribution is -2.68. The predicted octanol–water partition coefficient (Wildman–Crippen LogP) is 1.54. The van der Waals surface area contributed by atoms with Crippen molar-refractivity contribution in [3.05, 3.63) is 58.0 Å². The summed E-state index contributed by atoms with van der Waals surface area (Å²) in [4.78, 5) is 30.4. The Bertz CT molecular complexity index is 960. The molecule has 1 amide bonds. The number of nitrogens with zero attached hydrogens (tertiary/aromatic N) is 4. The van der Waals surface area contributed by atoms with Crippen molar-refractivity contribution in [3.63, 3.8) is 0 Å². The molecular formula is C18H19FN4O3. The summed E-state index contributed by atoms with van der Waals surface area (Å²) in [5.41, 5.74) is -1.31. The molecule has 0 spiro atoms. The Morgan fingerprint density at radius 2 is 2.12 bits per heavy atom. The number of pyridine rings is 2. The molecule has 4 rings (SSSR count). The van der Waals surface area contributed by atoms with Crippen molar-refractivity contribution in [1.29, 1.82) is 0 Å². The van der Waals surface area contributed by atoms with Gasteiger partial charge in [-0.3, -0.25) is 24.3 Å². The van der Waals surface area contributed by atoms with Crippen molar-refractivity contribution in [2.75, 3.05) is 12.1 Å². The van der Waals surface area contributed by atoms with Gasteiger partial charge in [0.2, 0.25) is 5.43 Å². The van der Waals surface area contributed by atoms with E-state index in [1.807, 2.05) is 11.9 Å². The molecule has 1 saturated heterocycles. The fraction of sp³-hybridized carbons (Fsp3) is 0.389. The van der Waals surface area contributed by atoms with E-state index in [1.165, 1.54) is 40.2 Å². The van der Waals surface area contributed by atoms with Crippen LogP contribution in [0.1, 0.15) is 42.4 Å². The van der Waals surface area contributed by atoms with Crippen LogP contribution in [-0.2, 0) is 5.54 Å². The Morgan fingerprint density at radius 3 is 2.85 bits per heavy atom. The van der Waals surface area contributed by atoms with Crippen molar-refractivity contribution in [3.8, 4) is 5.75 Å². The zero-order chi connectivity index (χ0) is 18.6. The van der Waals surface area contributed by atoms with Gasteiger partial charge in [-0.25, -0.2) is 4.39 Å². The highest BCUT2D eigenvalue weighted by molar-refractivity contribution is 5.96. The number of aromatic hydroxyl groups is 1. The first-order valence-corrected chi connectivity index (χ1v) is 8.48. The minimum atomic E-state index is -0.848. The molecule has 136 valence electrons. The van der Waals surface area contributed by atoms with Crippen molar-refractivity contribution < 1.29 is 14.3 Å². The highest BCUT2D eigenvalue weighted by Crippen LogP contribution is 2.42. The summed E-state index contributed by atoms with van der Waals surface area (Å²) in [5.74, 6) is -1.47. The van der Waals surface area contributed by atoms with Gasteiger partial charge in [0.05, 0.1) is 0 Å². The fourth-order valence-corrected chi connectivity index (χ4v) is 4.14. The van der Waals surface area contributed by atoms with Gasteiger partial charge >= 0.3 is 0 Å². The molecule has 1 N–H and O–H groups in total. The van der Waals surface area contributed by atoms with E-state index < -0.39 is 28.4 Å². The van der Waals surface area contributed by atoms with Gasteiger partial charge in [-0.15, -0.1) is 0 Å². The molecule has 8 heteroatoms. The van der Waals surface area contributed by atoms with Crippen LogP contribution in [0.3, 0.4) is 0 Å². The number of fused-ring (bicyclic) bond motifs is 3. The molecule has 2 aliphatic heterocycles. The molecule has 2 aliphatic rings. The van der Waals surface area contributed by atoms with Crippen LogP contribution in [0.15, 0.2) is 35.4 Å². The van der Waals surface area contributed by atoms with Gasteiger partial charge < -0.3 is 10.0 Å². The molecule has 7 nitrogen and oxygen atoms in total. The summed E-state index contributed by atoms with van der Waals surface area (Å²) in [6.45, 7) is 1.87. The second-order valence-corrected chi connectivity index (χ2v) is 6.96. The number of hydrogen-bond acceptors (Lipinski definition) is 5. The van der Waals surface area contributed by atoms with Gasteiger partial charge in [0.25, 0.3) is 5.91 Å². The number of aromatic nitrogens is 2. The molecule has 2 aromatic rings. The van der Waals surface area contributed by atoms with E-state index in [2.05, 4.69) is 4.98 Å². The summed E-state index contributed by atoms with van der Waals surface area (Å²) >= 11 is 0. The third kappa shape index (κ3) is 2.07. The van der Waals surface area contributed by atoms with Crippen LogP contribution in [-0.4, -0.2) is 38.8 Å². The lowest BCUT2D eigenvalue weighted by molar-refractivity contribution is 0.0462.